The maximum absolute atomic E-state index is 13.8. The van der Waals surface area contributed by atoms with Crippen molar-refractivity contribution in [1.82, 2.24) is 0 Å². The molecule has 0 atom stereocenters. The van der Waals surface area contributed by atoms with Gasteiger partial charge >= 0.3 is 5.97 Å². The number of halogens is 2. The molecule has 7 heteroatoms. The van der Waals surface area contributed by atoms with Gasteiger partial charge in [-0.25, -0.2) is 9.18 Å². The van der Waals surface area contributed by atoms with Crippen LogP contribution in [0.25, 0.3) is 6.08 Å². The Hall–Kier alpha value is -2.18. The highest BCUT2D eigenvalue weighted by atomic mass is 35.5. The maximum Gasteiger partial charge on any atom is 0.341 e. The number of carbonyl (C=O) groups excluding carboxylic acids is 2. The van der Waals surface area contributed by atoms with E-state index >= 15 is 0 Å². The fraction of sp³-hybridized carbons (Fsp3) is 0.333. The molecule has 0 radical (unpaired) electrons. The second-order valence-electron chi connectivity index (χ2n) is 6.51. The van der Waals surface area contributed by atoms with Gasteiger partial charge in [0.25, 0.3) is 0 Å². The Morgan fingerprint density at radius 2 is 2.11 bits per heavy atom. The Labute approximate surface area is 172 Å². The number of thiophene rings is 1. The van der Waals surface area contributed by atoms with Crippen LogP contribution in [-0.2, 0) is 22.4 Å². The van der Waals surface area contributed by atoms with Gasteiger partial charge in [-0.3, -0.25) is 4.79 Å². The van der Waals surface area contributed by atoms with Crippen LogP contribution in [0.2, 0.25) is 5.02 Å². The third kappa shape index (κ3) is 4.62. The van der Waals surface area contributed by atoms with Crippen molar-refractivity contribution in [1.29, 1.82) is 0 Å². The number of anilines is 1. The predicted octanol–water partition coefficient (Wildman–Crippen LogP) is 5.64. The molecule has 1 aliphatic rings. The first-order valence-electron chi connectivity index (χ1n) is 9.26. The first-order valence-corrected chi connectivity index (χ1v) is 10.5. The summed E-state index contributed by atoms with van der Waals surface area (Å²) in [5.74, 6) is -1.37. The minimum absolute atomic E-state index is 0.146. The topological polar surface area (TPSA) is 55.4 Å². The van der Waals surface area contributed by atoms with Crippen molar-refractivity contribution in [3.8, 4) is 0 Å². The van der Waals surface area contributed by atoms with Gasteiger partial charge in [-0.1, -0.05) is 24.6 Å². The summed E-state index contributed by atoms with van der Waals surface area (Å²) in [4.78, 5) is 26.1. The summed E-state index contributed by atoms with van der Waals surface area (Å²) in [5.41, 5.74) is 1.58. The fourth-order valence-electron chi connectivity index (χ4n) is 3.12. The summed E-state index contributed by atoms with van der Waals surface area (Å²) in [5, 5.41) is 3.47. The number of carbonyl (C=O) groups is 2. The van der Waals surface area contributed by atoms with E-state index in [1.807, 2.05) is 6.92 Å². The van der Waals surface area contributed by atoms with Crippen LogP contribution in [-0.4, -0.2) is 18.5 Å². The molecule has 1 heterocycles. The van der Waals surface area contributed by atoms with Crippen LogP contribution >= 0.6 is 22.9 Å². The molecule has 3 rings (SSSR count). The van der Waals surface area contributed by atoms with Crippen molar-refractivity contribution < 1.29 is 18.7 Å². The Morgan fingerprint density at radius 1 is 1.32 bits per heavy atom. The van der Waals surface area contributed by atoms with E-state index in [1.54, 1.807) is 6.07 Å². The summed E-state index contributed by atoms with van der Waals surface area (Å²) < 4.78 is 19.2. The molecule has 0 bridgehead atoms. The summed E-state index contributed by atoms with van der Waals surface area (Å²) in [7, 11) is 0. The van der Waals surface area contributed by atoms with Gasteiger partial charge in [-0.05, 0) is 55.9 Å². The lowest BCUT2D eigenvalue weighted by atomic mass is 9.95. The monoisotopic (exact) mass is 421 g/mol. The zero-order valence-corrected chi connectivity index (χ0v) is 17.1. The van der Waals surface area contributed by atoms with E-state index in [0.717, 1.165) is 42.5 Å². The average molecular weight is 422 g/mol. The SMILES string of the molecule is CCCOC(=O)c1c(NC(=O)C=Cc2c(F)cccc2Cl)sc2c1CCCC2. The van der Waals surface area contributed by atoms with E-state index in [4.69, 9.17) is 16.3 Å². The van der Waals surface area contributed by atoms with E-state index in [-0.39, 0.29) is 10.6 Å². The number of rotatable bonds is 6. The van der Waals surface area contributed by atoms with Crippen LogP contribution in [0.15, 0.2) is 24.3 Å². The molecular weight excluding hydrogens is 401 g/mol. The smallest absolute Gasteiger partial charge is 0.341 e. The van der Waals surface area contributed by atoms with Crippen molar-refractivity contribution in [3.63, 3.8) is 0 Å². The van der Waals surface area contributed by atoms with E-state index in [2.05, 4.69) is 5.32 Å². The first-order chi connectivity index (χ1) is 13.5. The van der Waals surface area contributed by atoms with Gasteiger partial charge in [0, 0.05) is 16.5 Å². The Balaban J connectivity index is 1.83. The van der Waals surface area contributed by atoms with E-state index in [1.165, 1.54) is 35.6 Å². The lowest BCUT2D eigenvalue weighted by Crippen LogP contribution is -2.14. The lowest BCUT2D eigenvalue weighted by Gasteiger charge is -2.12. The molecule has 148 valence electrons. The molecule has 0 saturated carbocycles. The summed E-state index contributed by atoms with van der Waals surface area (Å²) in [6, 6.07) is 4.33. The van der Waals surface area contributed by atoms with Gasteiger partial charge in [0.1, 0.15) is 10.8 Å². The van der Waals surface area contributed by atoms with Crippen molar-refractivity contribution in [2.24, 2.45) is 0 Å². The zero-order valence-electron chi connectivity index (χ0n) is 15.5. The average Bonchev–Trinajstić information content (AvgIpc) is 3.03. The molecule has 1 aromatic carbocycles. The van der Waals surface area contributed by atoms with Gasteiger partial charge in [0.2, 0.25) is 5.91 Å². The van der Waals surface area contributed by atoms with E-state index < -0.39 is 17.7 Å². The molecule has 0 fully saturated rings. The van der Waals surface area contributed by atoms with E-state index in [0.29, 0.717) is 17.2 Å². The molecule has 0 aliphatic heterocycles. The molecule has 0 spiro atoms. The third-order valence-electron chi connectivity index (χ3n) is 4.45. The van der Waals surface area contributed by atoms with Crippen LogP contribution in [0.3, 0.4) is 0 Å². The number of benzene rings is 1. The number of amides is 1. The number of nitrogens with one attached hydrogen (secondary N) is 1. The molecule has 0 unspecified atom stereocenters. The molecule has 1 N–H and O–H groups in total. The Morgan fingerprint density at radius 3 is 2.86 bits per heavy atom. The molecule has 0 saturated heterocycles. The van der Waals surface area contributed by atoms with Crippen LogP contribution in [0.1, 0.15) is 52.5 Å². The quantitative estimate of drug-likeness (QED) is 0.485. The number of hydrogen-bond acceptors (Lipinski definition) is 4. The van der Waals surface area contributed by atoms with Gasteiger partial charge in [-0.15, -0.1) is 11.3 Å². The predicted molar refractivity (Wildman–Crippen MR) is 111 cm³/mol. The normalized spacial score (nSPS) is 13.4. The van der Waals surface area contributed by atoms with Crippen LogP contribution < -0.4 is 5.32 Å². The van der Waals surface area contributed by atoms with Crippen LogP contribution in [0, 0.1) is 5.82 Å². The number of fused-ring (bicyclic) bond motifs is 1. The zero-order chi connectivity index (χ0) is 20.1. The van der Waals surface area contributed by atoms with Crippen molar-refractivity contribution in [2.45, 2.75) is 39.0 Å². The van der Waals surface area contributed by atoms with Gasteiger partial charge in [0.05, 0.1) is 17.2 Å². The molecule has 28 heavy (non-hydrogen) atoms. The molecule has 1 aromatic heterocycles. The number of esters is 1. The minimum atomic E-state index is -0.507. The summed E-state index contributed by atoms with van der Waals surface area (Å²) in [6.45, 7) is 2.26. The van der Waals surface area contributed by atoms with Crippen molar-refractivity contribution >= 4 is 45.9 Å². The largest absolute Gasteiger partial charge is 0.462 e. The highest BCUT2D eigenvalue weighted by Gasteiger charge is 2.27. The second kappa shape index (κ2) is 9.34. The molecule has 4 nitrogen and oxygen atoms in total. The highest BCUT2D eigenvalue weighted by molar-refractivity contribution is 7.17. The Kier molecular flexibility index (Phi) is 6.86. The van der Waals surface area contributed by atoms with Crippen molar-refractivity contribution in [3.05, 3.63) is 56.7 Å². The van der Waals surface area contributed by atoms with Crippen LogP contribution in [0.4, 0.5) is 9.39 Å². The van der Waals surface area contributed by atoms with Crippen molar-refractivity contribution in [2.75, 3.05) is 11.9 Å². The van der Waals surface area contributed by atoms with Gasteiger partial charge in [0.15, 0.2) is 0 Å². The lowest BCUT2D eigenvalue weighted by molar-refractivity contribution is -0.111. The number of hydrogen-bond donors (Lipinski definition) is 1. The summed E-state index contributed by atoms with van der Waals surface area (Å²) >= 11 is 7.39. The Bertz CT molecular complexity index is 902. The molecular formula is C21H21ClFNO3S. The molecule has 1 amide bonds. The maximum atomic E-state index is 13.8. The van der Waals surface area contributed by atoms with Gasteiger partial charge < -0.3 is 10.1 Å². The number of aryl methyl sites for hydroxylation is 1. The van der Waals surface area contributed by atoms with Gasteiger partial charge in [-0.2, -0.15) is 0 Å². The standard InChI is InChI=1S/C21H21ClFNO3S/c1-2-12-27-21(26)19-14-6-3-4-9-17(14)28-20(19)24-18(25)11-10-13-15(22)7-5-8-16(13)23/h5,7-8,10-11H,2-4,6,9,12H2,1H3,(H,24,25). The summed E-state index contributed by atoms with van der Waals surface area (Å²) in [6.07, 6.45) is 7.04. The molecule has 2 aromatic rings. The molecule has 1 aliphatic carbocycles. The third-order valence-corrected chi connectivity index (χ3v) is 5.99. The fourth-order valence-corrected chi connectivity index (χ4v) is 4.63. The van der Waals surface area contributed by atoms with E-state index in [9.17, 15) is 14.0 Å². The van der Waals surface area contributed by atoms with Crippen LogP contribution in [0.5, 0.6) is 0 Å². The first kappa shape index (κ1) is 20.6. The number of ether oxygens (including phenoxy) is 1. The highest BCUT2D eigenvalue weighted by Crippen LogP contribution is 2.38. The minimum Gasteiger partial charge on any atom is -0.462 e. The second-order valence-corrected chi connectivity index (χ2v) is 8.02.